The van der Waals surface area contributed by atoms with E-state index in [1.165, 1.54) is 11.3 Å². The highest BCUT2D eigenvalue weighted by Crippen LogP contribution is 2.28. The van der Waals surface area contributed by atoms with Gasteiger partial charge in [0.05, 0.1) is 17.0 Å². The normalized spacial score (nSPS) is 10.9. The summed E-state index contributed by atoms with van der Waals surface area (Å²) >= 11 is 2.44. The maximum absolute atomic E-state index is 12.0. The Hall–Kier alpha value is -2.12. The zero-order valence-corrected chi connectivity index (χ0v) is 12.2. The first-order chi connectivity index (χ1) is 10.1. The molecule has 7 heteroatoms. The number of thiazole rings is 1. The zero-order chi connectivity index (χ0) is 14.8. The number of carboxylic acids is 1. The van der Waals surface area contributed by atoms with E-state index < -0.39 is 11.6 Å². The number of carboxylic acid groups (broad SMARTS) is 1. The van der Waals surface area contributed by atoms with Gasteiger partial charge in [0.2, 0.25) is 0 Å². The third kappa shape index (κ3) is 2.98. The molecule has 0 saturated carbocycles. The highest BCUT2D eigenvalue weighted by Gasteiger charge is 2.12. The summed E-state index contributed by atoms with van der Waals surface area (Å²) in [6.45, 7) is 0. The molecular weight excluding hydrogens is 310 g/mol. The quantitative estimate of drug-likeness (QED) is 0.588. The van der Waals surface area contributed by atoms with Gasteiger partial charge in [-0.05, 0) is 12.1 Å². The minimum Gasteiger partial charge on any atom is -0.481 e. The number of nitrogens with zero attached hydrogens (tertiary/aromatic N) is 1. The van der Waals surface area contributed by atoms with E-state index >= 15 is 0 Å². The third-order valence-electron chi connectivity index (χ3n) is 2.72. The van der Waals surface area contributed by atoms with Crippen LogP contribution < -0.4 is 5.63 Å². The SMILES string of the molecule is O=C(O)CSc1nc(-c2cc3ccccc3oc2=O)cs1. The van der Waals surface area contributed by atoms with E-state index in [0.717, 1.165) is 17.1 Å². The molecule has 0 spiro atoms. The maximum Gasteiger partial charge on any atom is 0.345 e. The van der Waals surface area contributed by atoms with E-state index in [0.29, 0.717) is 21.2 Å². The molecular formula is C14H9NO4S2. The molecule has 0 radical (unpaired) electrons. The van der Waals surface area contributed by atoms with Crippen molar-refractivity contribution in [1.82, 2.24) is 4.98 Å². The number of aromatic nitrogens is 1. The summed E-state index contributed by atoms with van der Waals surface area (Å²) in [5, 5.41) is 11.2. The van der Waals surface area contributed by atoms with Gasteiger partial charge in [-0.15, -0.1) is 11.3 Å². The molecule has 0 saturated heterocycles. The molecule has 3 aromatic rings. The van der Waals surface area contributed by atoms with Crippen molar-refractivity contribution in [3.8, 4) is 11.3 Å². The molecule has 2 aromatic heterocycles. The lowest BCUT2D eigenvalue weighted by Crippen LogP contribution is -2.02. The Kier molecular flexibility index (Phi) is 3.76. The third-order valence-corrected chi connectivity index (χ3v) is 4.73. The Morgan fingerprint density at radius 1 is 1.38 bits per heavy atom. The number of thioether (sulfide) groups is 1. The van der Waals surface area contributed by atoms with Crippen LogP contribution in [0.15, 0.2) is 49.3 Å². The first kappa shape index (κ1) is 13.8. The van der Waals surface area contributed by atoms with E-state index in [1.54, 1.807) is 23.6 Å². The van der Waals surface area contributed by atoms with Crippen LogP contribution >= 0.6 is 23.1 Å². The smallest absolute Gasteiger partial charge is 0.345 e. The molecule has 5 nitrogen and oxygen atoms in total. The number of aliphatic carboxylic acids is 1. The maximum atomic E-state index is 12.0. The second kappa shape index (κ2) is 5.71. The minimum absolute atomic E-state index is 0.0563. The number of para-hydroxylation sites is 1. The number of carbonyl (C=O) groups is 1. The molecule has 0 fully saturated rings. The Morgan fingerprint density at radius 3 is 3.00 bits per heavy atom. The van der Waals surface area contributed by atoms with Crippen molar-refractivity contribution in [1.29, 1.82) is 0 Å². The Balaban J connectivity index is 1.98. The van der Waals surface area contributed by atoms with Crippen molar-refractivity contribution in [2.24, 2.45) is 0 Å². The van der Waals surface area contributed by atoms with Crippen LogP contribution in [0.2, 0.25) is 0 Å². The van der Waals surface area contributed by atoms with E-state index in [1.807, 2.05) is 12.1 Å². The lowest BCUT2D eigenvalue weighted by molar-refractivity contribution is -0.133. The van der Waals surface area contributed by atoms with Crippen molar-refractivity contribution < 1.29 is 14.3 Å². The highest BCUT2D eigenvalue weighted by molar-refractivity contribution is 8.01. The summed E-state index contributed by atoms with van der Waals surface area (Å²) in [4.78, 5) is 26.8. The van der Waals surface area contributed by atoms with Gasteiger partial charge in [0, 0.05) is 10.8 Å². The molecule has 0 unspecified atom stereocenters. The van der Waals surface area contributed by atoms with Crippen LogP contribution in [0.4, 0.5) is 0 Å². The van der Waals surface area contributed by atoms with Gasteiger partial charge in [-0.2, -0.15) is 0 Å². The van der Waals surface area contributed by atoms with Gasteiger partial charge < -0.3 is 9.52 Å². The van der Waals surface area contributed by atoms with E-state index in [-0.39, 0.29) is 5.75 Å². The first-order valence-corrected chi connectivity index (χ1v) is 7.83. The highest BCUT2D eigenvalue weighted by atomic mass is 32.2. The van der Waals surface area contributed by atoms with Crippen molar-refractivity contribution in [3.05, 3.63) is 46.1 Å². The molecule has 0 atom stereocenters. The second-order valence-electron chi connectivity index (χ2n) is 4.17. The van der Waals surface area contributed by atoms with Gasteiger partial charge >= 0.3 is 11.6 Å². The summed E-state index contributed by atoms with van der Waals surface area (Å²) < 4.78 is 5.87. The molecule has 2 heterocycles. The van der Waals surface area contributed by atoms with Gasteiger partial charge in [-0.1, -0.05) is 30.0 Å². The van der Waals surface area contributed by atoms with Gasteiger partial charge in [0.25, 0.3) is 0 Å². The topological polar surface area (TPSA) is 80.4 Å². The van der Waals surface area contributed by atoms with Crippen LogP contribution in [0.3, 0.4) is 0 Å². The van der Waals surface area contributed by atoms with Crippen molar-refractivity contribution in [2.75, 3.05) is 5.75 Å². The predicted octanol–water partition coefficient (Wildman–Crippen LogP) is 3.09. The molecule has 3 rings (SSSR count). The summed E-state index contributed by atoms with van der Waals surface area (Å²) in [5.74, 6) is -0.957. The Labute approximate surface area is 127 Å². The lowest BCUT2D eigenvalue weighted by atomic mass is 10.1. The lowest BCUT2D eigenvalue weighted by Gasteiger charge is -1.99. The van der Waals surface area contributed by atoms with Crippen LogP contribution in [0.5, 0.6) is 0 Å². The van der Waals surface area contributed by atoms with Crippen LogP contribution in [0, 0.1) is 0 Å². The van der Waals surface area contributed by atoms with Crippen LogP contribution in [0.1, 0.15) is 0 Å². The number of benzene rings is 1. The van der Waals surface area contributed by atoms with Crippen LogP contribution in [-0.4, -0.2) is 21.8 Å². The molecule has 0 bridgehead atoms. The molecule has 21 heavy (non-hydrogen) atoms. The molecule has 106 valence electrons. The second-order valence-corrected chi connectivity index (χ2v) is 6.25. The minimum atomic E-state index is -0.901. The standard InChI is InChI=1S/C14H9NO4S2/c16-12(17)7-21-14-15-10(6-20-14)9-5-8-3-1-2-4-11(8)19-13(9)18/h1-6H,7H2,(H,16,17). The van der Waals surface area contributed by atoms with Crippen molar-refractivity contribution in [3.63, 3.8) is 0 Å². The fourth-order valence-electron chi connectivity index (χ4n) is 1.81. The molecule has 1 N–H and O–H groups in total. The fraction of sp³-hybridized carbons (Fsp3) is 0.0714. The number of rotatable bonds is 4. The van der Waals surface area contributed by atoms with E-state index in [9.17, 15) is 9.59 Å². The number of hydrogen-bond donors (Lipinski definition) is 1. The van der Waals surface area contributed by atoms with Gasteiger partial charge in [0.15, 0.2) is 4.34 Å². The van der Waals surface area contributed by atoms with E-state index in [2.05, 4.69) is 4.98 Å². The molecule has 1 aromatic carbocycles. The monoisotopic (exact) mass is 319 g/mol. The van der Waals surface area contributed by atoms with Crippen LogP contribution in [0.25, 0.3) is 22.2 Å². The summed E-state index contributed by atoms with van der Waals surface area (Å²) in [5.41, 5.74) is 0.968. The van der Waals surface area contributed by atoms with Crippen LogP contribution in [-0.2, 0) is 4.79 Å². The largest absolute Gasteiger partial charge is 0.481 e. The number of fused-ring (bicyclic) bond motifs is 1. The average molecular weight is 319 g/mol. The Morgan fingerprint density at radius 2 is 2.19 bits per heavy atom. The van der Waals surface area contributed by atoms with Crippen molar-refractivity contribution in [2.45, 2.75) is 4.34 Å². The number of hydrogen-bond acceptors (Lipinski definition) is 6. The molecule has 0 aliphatic heterocycles. The van der Waals surface area contributed by atoms with Gasteiger partial charge in [0.1, 0.15) is 5.58 Å². The predicted molar refractivity (Wildman–Crippen MR) is 82.0 cm³/mol. The average Bonchev–Trinajstić information content (AvgIpc) is 2.93. The zero-order valence-electron chi connectivity index (χ0n) is 10.6. The molecule has 0 aliphatic rings. The fourth-order valence-corrected chi connectivity index (χ4v) is 3.36. The summed E-state index contributed by atoms with van der Waals surface area (Å²) in [7, 11) is 0. The van der Waals surface area contributed by atoms with E-state index in [4.69, 9.17) is 9.52 Å². The summed E-state index contributed by atoms with van der Waals surface area (Å²) in [6, 6.07) is 8.99. The van der Waals surface area contributed by atoms with Crippen molar-refractivity contribution >= 4 is 40.0 Å². The summed E-state index contributed by atoms with van der Waals surface area (Å²) in [6.07, 6.45) is 0. The first-order valence-electron chi connectivity index (χ1n) is 5.97. The van der Waals surface area contributed by atoms with Gasteiger partial charge in [-0.3, -0.25) is 4.79 Å². The Bertz CT molecular complexity index is 869. The molecule has 0 aliphatic carbocycles. The molecule has 0 amide bonds. The van der Waals surface area contributed by atoms with Gasteiger partial charge in [-0.25, -0.2) is 9.78 Å².